The molecule has 0 radical (unpaired) electrons. The molecule has 0 aromatic heterocycles. The lowest BCUT2D eigenvalue weighted by molar-refractivity contribution is -0.578. The number of aliphatic hydroxyl groups excluding tert-OH is 2. The van der Waals surface area contributed by atoms with Crippen molar-refractivity contribution in [2.24, 2.45) is 0 Å². The summed E-state index contributed by atoms with van der Waals surface area (Å²) in [7, 11) is 0. The van der Waals surface area contributed by atoms with Crippen LogP contribution in [0.2, 0.25) is 0 Å². The minimum absolute atomic E-state index is 0.243. The zero-order valence-electron chi connectivity index (χ0n) is 8.61. The maximum absolute atomic E-state index is 10.6. The van der Waals surface area contributed by atoms with Crippen molar-refractivity contribution in [3.05, 3.63) is 10.1 Å². The Morgan fingerprint density at radius 1 is 1.21 bits per heavy atom. The number of unbranched alkanes of at least 4 members (excludes halogenated alkanes) is 3. The predicted octanol–water partition coefficient (Wildman–Crippen LogP) is 0.957. The summed E-state index contributed by atoms with van der Waals surface area (Å²) in [6.07, 6.45) is 3.92. The fraction of sp³-hybridized carbons (Fsp3) is 1.00. The molecule has 0 saturated heterocycles. The molecule has 0 unspecified atom stereocenters. The quantitative estimate of drug-likeness (QED) is 0.351. The van der Waals surface area contributed by atoms with Crippen LogP contribution in [0.3, 0.4) is 0 Å². The van der Waals surface area contributed by atoms with Crippen molar-refractivity contribution in [1.82, 2.24) is 0 Å². The molecule has 5 heteroatoms. The maximum atomic E-state index is 10.6. The van der Waals surface area contributed by atoms with Crippen LogP contribution in [0, 0.1) is 10.1 Å². The largest absolute Gasteiger partial charge is 0.389 e. The Labute approximate surface area is 83.9 Å². The Bertz CT molecular complexity index is 168. The number of rotatable bonds is 8. The molecule has 0 aliphatic rings. The molecule has 0 bridgehead atoms. The first-order chi connectivity index (χ1) is 6.63. The molecule has 0 heterocycles. The third-order valence-electron chi connectivity index (χ3n) is 2.47. The van der Waals surface area contributed by atoms with Gasteiger partial charge in [0.15, 0.2) is 0 Å². The van der Waals surface area contributed by atoms with Crippen LogP contribution in [-0.4, -0.2) is 33.9 Å². The third kappa shape index (κ3) is 3.59. The molecule has 0 fully saturated rings. The van der Waals surface area contributed by atoms with Gasteiger partial charge in [-0.1, -0.05) is 26.2 Å². The SMILES string of the molecule is CCCCCCC(CO)(CO)[N+](=O)[O-]. The molecule has 0 aliphatic carbocycles. The van der Waals surface area contributed by atoms with Crippen molar-refractivity contribution < 1.29 is 15.1 Å². The van der Waals surface area contributed by atoms with E-state index in [0.29, 0.717) is 6.42 Å². The zero-order chi connectivity index (χ0) is 11.0. The Balaban J connectivity index is 4.02. The fourth-order valence-corrected chi connectivity index (χ4v) is 1.30. The topological polar surface area (TPSA) is 83.6 Å². The fourth-order valence-electron chi connectivity index (χ4n) is 1.30. The monoisotopic (exact) mass is 205 g/mol. The highest BCUT2D eigenvalue weighted by Gasteiger charge is 2.40. The summed E-state index contributed by atoms with van der Waals surface area (Å²) in [6, 6.07) is 0. The van der Waals surface area contributed by atoms with E-state index in [-0.39, 0.29) is 6.42 Å². The summed E-state index contributed by atoms with van der Waals surface area (Å²) >= 11 is 0. The molecule has 5 nitrogen and oxygen atoms in total. The second-order valence-corrected chi connectivity index (χ2v) is 3.61. The summed E-state index contributed by atoms with van der Waals surface area (Å²) < 4.78 is 0. The number of hydrogen-bond donors (Lipinski definition) is 2. The van der Waals surface area contributed by atoms with Crippen LogP contribution in [-0.2, 0) is 0 Å². The number of aliphatic hydroxyl groups is 2. The number of nitrogens with zero attached hydrogens (tertiary/aromatic N) is 1. The van der Waals surface area contributed by atoms with E-state index < -0.39 is 23.7 Å². The molecule has 0 saturated carbocycles. The second kappa shape index (κ2) is 6.73. The van der Waals surface area contributed by atoms with Crippen LogP contribution in [0.15, 0.2) is 0 Å². The molecule has 0 aliphatic heterocycles. The molecule has 2 N–H and O–H groups in total. The van der Waals surface area contributed by atoms with Crippen molar-refractivity contribution in [3.63, 3.8) is 0 Å². The summed E-state index contributed by atoms with van der Waals surface area (Å²) in [5.41, 5.74) is -1.53. The minimum Gasteiger partial charge on any atom is -0.389 e. The van der Waals surface area contributed by atoms with Crippen LogP contribution in [0.1, 0.15) is 39.0 Å². The highest BCUT2D eigenvalue weighted by Crippen LogP contribution is 2.18. The summed E-state index contributed by atoms with van der Waals surface area (Å²) in [4.78, 5) is 10.1. The molecule has 0 amide bonds. The van der Waals surface area contributed by atoms with Gasteiger partial charge in [-0.05, 0) is 6.42 Å². The Morgan fingerprint density at radius 2 is 1.79 bits per heavy atom. The zero-order valence-corrected chi connectivity index (χ0v) is 8.61. The van der Waals surface area contributed by atoms with Gasteiger partial charge in [0.1, 0.15) is 13.2 Å². The molecule has 14 heavy (non-hydrogen) atoms. The van der Waals surface area contributed by atoms with E-state index in [1.807, 2.05) is 0 Å². The maximum Gasteiger partial charge on any atom is 0.267 e. The molecule has 0 atom stereocenters. The normalized spacial score (nSPS) is 11.6. The first kappa shape index (κ1) is 13.3. The van der Waals surface area contributed by atoms with E-state index in [1.165, 1.54) is 0 Å². The smallest absolute Gasteiger partial charge is 0.267 e. The van der Waals surface area contributed by atoms with Gasteiger partial charge in [-0.25, -0.2) is 0 Å². The van der Waals surface area contributed by atoms with E-state index in [2.05, 4.69) is 6.92 Å². The van der Waals surface area contributed by atoms with E-state index in [0.717, 1.165) is 19.3 Å². The highest BCUT2D eigenvalue weighted by molar-refractivity contribution is 4.77. The Morgan fingerprint density at radius 3 is 2.14 bits per heavy atom. The predicted molar refractivity (Wildman–Crippen MR) is 52.7 cm³/mol. The molecule has 0 spiro atoms. The van der Waals surface area contributed by atoms with Crippen LogP contribution in [0.5, 0.6) is 0 Å². The van der Waals surface area contributed by atoms with Crippen molar-refractivity contribution in [1.29, 1.82) is 0 Å². The summed E-state index contributed by atoms with van der Waals surface area (Å²) in [5, 5.41) is 28.4. The average molecular weight is 205 g/mol. The molecule has 84 valence electrons. The molecular weight excluding hydrogens is 186 g/mol. The van der Waals surface area contributed by atoms with E-state index >= 15 is 0 Å². The van der Waals surface area contributed by atoms with Crippen LogP contribution >= 0.6 is 0 Å². The standard InChI is InChI=1S/C9H19NO4/c1-2-3-4-5-6-9(7-11,8-12)10(13)14/h11-12H,2-8H2,1H3. The minimum atomic E-state index is -1.53. The van der Waals surface area contributed by atoms with Gasteiger partial charge in [0.2, 0.25) is 0 Å². The molecular formula is C9H19NO4. The van der Waals surface area contributed by atoms with Crippen LogP contribution in [0.25, 0.3) is 0 Å². The number of hydrogen-bond acceptors (Lipinski definition) is 4. The second-order valence-electron chi connectivity index (χ2n) is 3.61. The Hall–Kier alpha value is -0.680. The van der Waals surface area contributed by atoms with Gasteiger partial charge in [0, 0.05) is 11.3 Å². The van der Waals surface area contributed by atoms with Crippen LogP contribution < -0.4 is 0 Å². The Kier molecular flexibility index (Phi) is 6.40. The van der Waals surface area contributed by atoms with Crippen molar-refractivity contribution in [2.75, 3.05) is 13.2 Å². The lowest BCUT2D eigenvalue weighted by atomic mass is 9.94. The van der Waals surface area contributed by atoms with Crippen molar-refractivity contribution >= 4 is 0 Å². The number of nitro groups is 1. The van der Waals surface area contributed by atoms with Gasteiger partial charge in [-0.2, -0.15) is 0 Å². The van der Waals surface area contributed by atoms with Crippen molar-refractivity contribution in [3.8, 4) is 0 Å². The van der Waals surface area contributed by atoms with Gasteiger partial charge >= 0.3 is 0 Å². The highest BCUT2D eigenvalue weighted by atomic mass is 16.6. The molecule has 0 aromatic rings. The first-order valence-electron chi connectivity index (χ1n) is 4.99. The van der Waals surface area contributed by atoms with Gasteiger partial charge in [-0.15, -0.1) is 0 Å². The van der Waals surface area contributed by atoms with Gasteiger partial charge in [0.25, 0.3) is 5.54 Å². The van der Waals surface area contributed by atoms with Gasteiger partial charge in [0.05, 0.1) is 0 Å². The first-order valence-corrected chi connectivity index (χ1v) is 4.99. The lowest BCUT2D eigenvalue weighted by Crippen LogP contribution is -2.45. The summed E-state index contributed by atoms with van der Waals surface area (Å²) in [6.45, 7) is 0.865. The van der Waals surface area contributed by atoms with Crippen molar-refractivity contribution in [2.45, 2.75) is 44.6 Å². The molecule has 0 aromatic carbocycles. The van der Waals surface area contributed by atoms with E-state index in [4.69, 9.17) is 10.2 Å². The average Bonchev–Trinajstić information content (AvgIpc) is 2.18. The van der Waals surface area contributed by atoms with Gasteiger partial charge < -0.3 is 10.2 Å². The van der Waals surface area contributed by atoms with E-state index in [9.17, 15) is 10.1 Å². The van der Waals surface area contributed by atoms with E-state index in [1.54, 1.807) is 0 Å². The summed E-state index contributed by atoms with van der Waals surface area (Å²) in [5.74, 6) is 0. The third-order valence-corrected chi connectivity index (χ3v) is 2.47. The van der Waals surface area contributed by atoms with Gasteiger partial charge in [-0.3, -0.25) is 10.1 Å². The van der Waals surface area contributed by atoms with Crippen LogP contribution in [0.4, 0.5) is 0 Å². The lowest BCUT2D eigenvalue weighted by Gasteiger charge is -2.20. The molecule has 0 rings (SSSR count).